The number of ether oxygens (including phenoxy) is 3. The van der Waals surface area contributed by atoms with E-state index in [4.69, 9.17) is 15.2 Å². The molecule has 0 aliphatic heterocycles. The molecule has 0 fully saturated rings. The molecule has 0 unspecified atom stereocenters. The summed E-state index contributed by atoms with van der Waals surface area (Å²) in [6.45, 7) is 1.14. The van der Waals surface area contributed by atoms with Crippen molar-refractivity contribution >= 4 is 35.6 Å². The van der Waals surface area contributed by atoms with Crippen LogP contribution in [0.25, 0.3) is 0 Å². The van der Waals surface area contributed by atoms with Crippen molar-refractivity contribution in [2.45, 2.75) is 17.6 Å². The van der Waals surface area contributed by atoms with E-state index in [1.807, 2.05) is 0 Å². The predicted molar refractivity (Wildman–Crippen MR) is 114 cm³/mol. The molecule has 0 saturated carbocycles. The average molecular weight is 487 g/mol. The number of benzene rings is 2. The quantitative estimate of drug-likeness (QED) is 0.211. The van der Waals surface area contributed by atoms with Gasteiger partial charge in [-0.25, -0.2) is 9.59 Å². The number of nitrogens with two attached hydrogens (primary N) is 1. The highest BCUT2D eigenvalue weighted by molar-refractivity contribution is 7.98. The van der Waals surface area contributed by atoms with Gasteiger partial charge in [0.15, 0.2) is 11.5 Å². The van der Waals surface area contributed by atoms with Crippen molar-refractivity contribution in [3.05, 3.63) is 70.2 Å². The summed E-state index contributed by atoms with van der Waals surface area (Å²) < 4.78 is 19.5. The highest BCUT2D eigenvalue weighted by Gasteiger charge is 2.25. The van der Waals surface area contributed by atoms with Gasteiger partial charge in [-0.15, -0.1) is 11.8 Å². The maximum atomic E-state index is 12.6. The first-order chi connectivity index (χ1) is 16.2. The Morgan fingerprint density at radius 1 is 1.09 bits per heavy atom. The molecule has 1 amide bonds. The molecule has 12 nitrogen and oxygen atoms in total. The number of carbonyl (C=O) groups is 4. The second-order valence-corrected chi connectivity index (χ2v) is 7.56. The maximum absolute atomic E-state index is 12.6. The van der Waals surface area contributed by atoms with E-state index in [1.54, 1.807) is 12.1 Å². The highest BCUT2D eigenvalue weighted by atomic mass is 32.2. The highest BCUT2D eigenvalue weighted by Crippen LogP contribution is 2.33. The number of amides is 1. The Hall–Kier alpha value is -4.39. The van der Waals surface area contributed by atoms with Crippen molar-refractivity contribution in [1.82, 2.24) is 5.16 Å². The summed E-state index contributed by atoms with van der Waals surface area (Å²) in [7, 11) is 1.16. The van der Waals surface area contributed by atoms with Gasteiger partial charge in [-0.2, -0.15) is 0 Å². The summed E-state index contributed by atoms with van der Waals surface area (Å²) >= 11 is 1.22. The third kappa shape index (κ3) is 5.50. The summed E-state index contributed by atoms with van der Waals surface area (Å²) in [4.78, 5) is 48.0. The SMILES string of the molecule is COC(=O)c1cccc(OC(=O)c2ccc(SCc3no[n+]([O-])c3C(N)=O)cc2)c1OC(C)=O. The van der Waals surface area contributed by atoms with Crippen LogP contribution in [0.3, 0.4) is 0 Å². The Bertz CT molecular complexity index is 1250. The second kappa shape index (κ2) is 10.5. The molecular formula is C21H17N3O9S. The minimum absolute atomic E-state index is 0.0589. The van der Waals surface area contributed by atoms with Gasteiger partial charge in [0.1, 0.15) is 5.56 Å². The first kappa shape index (κ1) is 24.3. The standard InChI is InChI=1S/C21H17N3O9S/c1-11(25)31-18-14(21(28)30-2)4-3-5-16(18)32-20(27)12-6-8-13(9-7-12)34-10-15-17(19(22)26)24(29)33-23-15/h3-9H,10H2,1-2H3,(H2,22,26). The normalized spacial score (nSPS) is 10.4. The largest absolute Gasteiger partial charge is 0.465 e. The zero-order valence-electron chi connectivity index (χ0n) is 17.8. The summed E-state index contributed by atoms with van der Waals surface area (Å²) in [6, 6.07) is 10.3. The summed E-state index contributed by atoms with van der Waals surface area (Å²) in [5.74, 6) is -3.49. The number of hydrogen-bond donors (Lipinski definition) is 1. The van der Waals surface area contributed by atoms with Gasteiger partial charge in [-0.1, -0.05) is 6.07 Å². The molecule has 2 aromatic carbocycles. The number of thioether (sulfide) groups is 1. The van der Waals surface area contributed by atoms with Crippen molar-refractivity contribution in [1.29, 1.82) is 0 Å². The zero-order chi connectivity index (χ0) is 24.8. The van der Waals surface area contributed by atoms with E-state index in [9.17, 15) is 24.4 Å². The zero-order valence-corrected chi connectivity index (χ0v) is 18.6. The van der Waals surface area contributed by atoms with Crippen LogP contribution in [0.15, 0.2) is 52.0 Å². The van der Waals surface area contributed by atoms with Gasteiger partial charge >= 0.3 is 17.9 Å². The lowest BCUT2D eigenvalue weighted by Gasteiger charge is -2.13. The molecule has 0 aliphatic carbocycles. The molecule has 3 aromatic rings. The molecule has 0 spiro atoms. The fraction of sp³-hybridized carbons (Fsp3) is 0.143. The van der Waals surface area contributed by atoms with Crippen LogP contribution in [-0.2, 0) is 15.3 Å². The summed E-state index contributed by atoms with van der Waals surface area (Å²) in [5.41, 5.74) is 4.92. The molecule has 13 heteroatoms. The lowest BCUT2D eigenvalue weighted by molar-refractivity contribution is -0.803. The number of para-hydroxylation sites is 1. The predicted octanol–water partition coefficient (Wildman–Crippen LogP) is 1.63. The van der Waals surface area contributed by atoms with Gasteiger partial charge in [0, 0.05) is 17.0 Å². The number of methoxy groups -OCH3 is 1. The van der Waals surface area contributed by atoms with Crippen LogP contribution in [0.1, 0.15) is 43.8 Å². The van der Waals surface area contributed by atoms with Crippen LogP contribution in [0.5, 0.6) is 11.5 Å². The summed E-state index contributed by atoms with van der Waals surface area (Å²) in [5, 5.41) is 14.9. The number of hydrogen-bond acceptors (Lipinski definition) is 11. The van der Waals surface area contributed by atoms with Crippen LogP contribution in [0.4, 0.5) is 0 Å². The molecule has 1 heterocycles. The monoisotopic (exact) mass is 487 g/mol. The lowest BCUT2D eigenvalue weighted by Crippen LogP contribution is -2.34. The number of nitrogens with zero attached hydrogens (tertiary/aromatic N) is 2. The third-order valence-electron chi connectivity index (χ3n) is 4.21. The Labute approximate surface area is 196 Å². The van der Waals surface area contributed by atoms with Gasteiger partial charge < -0.3 is 25.2 Å². The Morgan fingerprint density at radius 2 is 1.79 bits per heavy atom. The molecule has 0 bridgehead atoms. The Balaban J connectivity index is 1.74. The number of rotatable bonds is 8. The molecule has 0 atom stereocenters. The lowest BCUT2D eigenvalue weighted by atomic mass is 10.2. The number of esters is 3. The van der Waals surface area contributed by atoms with Crippen LogP contribution in [0.2, 0.25) is 0 Å². The van der Waals surface area contributed by atoms with Crippen molar-refractivity contribution in [3.63, 3.8) is 0 Å². The van der Waals surface area contributed by atoms with Gasteiger partial charge in [0.25, 0.3) is 11.6 Å². The van der Waals surface area contributed by atoms with Gasteiger partial charge in [-0.3, -0.25) is 14.2 Å². The molecule has 34 heavy (non-hydrogen) atoms. The minimum atomic E-state index is -0.964. The number of primary amides is 1. The van der Waals surface area contributed by atoms with Gasteiger partial charge in [0.2, 0.25) is 5.69 Å². The first-order valence-electron chi connectivity index (χ1n) is 9.44. The number of aromatic nitrogens is 2. The van der Waals surface area contributed by atoms with Gasteiger partial charge in [0.05, 0.1) is 18.4 Å². The second-order valence-electron chi connectivity index (χ2n) is 6.51. The van der Waals surface area contributed by atoms with E-state index in [0.29, 0.717) is 4.90 Å². The number of carbonyl (C=O) groups excluding carboxylic acids is 4. The minimum Gasteiger partial charge on any atom is -0.465 e. The van der Waals surface area contributed by atoms with Crippen LogP contribution >= 0.6 is 11.8 Å². The molecule has 0 aliphatic rings. The topological polar surface area (TPSA) is 175 Å². The summed E-state index contributed by atoms with van der Waals surface area (Å²) in [6.07, 6.45) is 0. The van der Waals surface area contributed by atoms with E-state index in [0.717, 1.165) is 14.0 Å². The van der Waals surface area contributed by atoms with E-state index in [1.165, 1.54) is 42.1 Å². The van der Waals surface area contributed by atoms with E-state index < -0.39 is 23.8 Å². The van der Waals surface area contributed by atoms with E-state index in [2.05, 4.69) is 14.5 Å². The maximum Gasteiger partial charge on any atom is 0.343 e. The molecule has 2 N–H and O–H groups in total. The van der Waals surface area contributed by atoms with Crippen LogP contribution < -0.4 is 20.1 Å². The molecule has 1 aromatic heterocycles. The molecule has 0 saturated heterocycles. The third-order valence-corrected chi connectivity index (χ3v) is 5.24. The molecule has 176 valence electrons. The van der Waals surface area contributed by atoms with Crippen molar-refractivity contribution in [2.75, 3.05) is 7.11 Å². The fourth-order valence-corrected chi connectivity index (χ4v) is 3.54. The van der Waals surface area contributed by atoms with Crippen LogP contribution in [-0.4, -0.2) is 36.1 Å². The van der Waals surface area contributed by atoms with Crippen LogP contribution in [0, 0.1) is 5.21 Å². The fourth-order valence-electron chi connectivity index (χ4n) is 2.72. The first-order valence-corrected chi connectivity index (χ1v) is 10.4. The Kier molecular flexibility index (Phi) is 7.48. The van der Waals surface area contributed by atoms with Gasteiger partial charge in [-0.05, 0) is 41.3 Å². The van der Waals surface area contributed by atoms with E-state index in [-0.39, 0.29) is 44.7 Å². The average Bonchev–Trinajstić information content (AvgIpc) is 3.18. The van der Waals surface area contributed by atoms with Crippen molar-refractivity contribution < 1.29 is 42.9 Å². The van der Waals surface area contributed by atoms with E-state index >= 15 is 0 Å². The van der Waals surface area contributed by atoms with Crippen molar-refractivity contribution in [2.24, 2.45) is 5.73 Å². The Morgan fingerprint density at radius 3 is 2.41 bits per heavy atom. The van der Waals surface area contributed by atoms with Crippen molar-refractivity contribution in [3.8, 4) is 11.5 Å². The molecule has 0 radical (unpaired) electrons. The molecule has 3 rings (SSSR count). The molecular weight excluding hydrogens is 470 g/mol. The smallest absolute Gasteiger partial charge is 0.343 e.